The van der Waals surface area contributed by atoms with Crippen LogP contribution in [0.5, 0.6) is 6.01 Å². The van der Waals surface area contributed by atoms with E-state index in [1.165, 1.54) is 18.9 Å². The Bertz CT molecular complexity index is 295. The summed E-state index contributed by atoms with van der Waals surface area (Å²) in [4.78, 5) is 11.7. The van der Waals surface area contributed by atoms with Crippen molar-refractivity contribution in [1.29, 1.82) is 0 Å². The van der Waals surface area contributed by atoms with E-state index in [0.717, 1.165) is 0 Å². The molecular weight excluding hydrogens is 210 g/mol. The molecule has 0 aliphatic heterocycles. The first-order valence-corrected chi connectivity index (χ1v) is 5.00. The molecule has 0 N–H and O–H groups in total. The van der Waals surface area contributed by atoms with Crippen LogP contribution >= 0.6 is 23.4 Å². The zero-order chi connectivity index (χ0) is 9.84. The van der Waals surface area contributed by atoms with Crippen molar-refractivity contribution in [3.8, 4) is 6.01 Å². The molecular formula is C7H10ClN3OS. The third-order valence-corrected chi connectivity index (χ3v) is 2.12. The van der Waals surface area contributed by atoms with Crippen molar-refractivity contribution in [3.05, 3.63) is 5.28 Å². The van der Waals surface area contributed by atoms with Gasteiger partial charge in [0.05, 0.1) is 7.11 Å². The van der Waals surface area contributed by atoms with Crippen LogP contribution < -0.4 is 4.74 Å². The first-order chi connectivity index (χ1) is 6.11. The van der Waals surface area contributed by atoms with Crippen LogP contribution in [0.1, 0.15) is 13.8 Å². The Hall–Kier alpha value is -0.550. The molecule has 0 radical (unpaired) electrons. The lowest BCUT2D eigenvalue weighted by atomic mass is 10.6. The van der Waals surface area contributed by atoms with Gasteiger partial charge in [-0.2, -0.15) is 15.0 Å². The Morgan fingerprint density at radius 3 is 2.54 bits per heavy atom. The Kier molecular flexibility index (Phi) is 3.74. The molecule has 0 amide bonds. The molecule has 1 aromatic heterocycles. The van der Waals surface area contributed by atoms with Gasteiger partial charge in [-0.3, -0.25) is 0 Å². The molecule has 1 aromatic rings. The summed E-state index contributed by atoms with van der Waals surface area (Å²) in [5.41, 5.74) is 0. The number of hydrogen-bond donors (Lipinski definition) is 0. The van der Waals surface area contributed by atoms with Crippen LogP contribution in [0.2, 0.25) is 5.28 Å². The first kappa shape index (κ1) is 10.5. The molecule has 13 heavy (non-hydrogen) atoms. The summed E-state index contributed by atoms with van der Waals surface area (Å²) < 4.78 is 4.86. The highest BCUT2D eigenvalue weighted by atomic mass is 35.5. The van der Waals surface area contributed by atoms with Gasteiger partial charge in [0.1, 0.15) is 0 Å². The van der Waals surface area contributed by atoms with Crippen molar-refractivity contribution < 1.29 is 4.74 Å². The summed E-state index contributed by atoms with van der Waals surface area (Å²) in [6, 6.07) is 0.253. The fourth-order valence-electron chi connectivity index (χ4n) is 0.669. The minimum Gasteiger partial charge on any atom is -0.467 e. The van der Waals surface area contributed by atoms with E-state index in [9.17, 15) is 0 Å². The van der Waals surface area contributed by atoms with Crippen LogP contribution in [-0.2, 0) is 0 Å². The van der Waals surface area contributed by atoms with E-state index in [0.29, 0.717) is 10.4 Å². The zero-order valence-electron chi connectivity index (χ0n) is 7.61. The van der Waals surface area contributed by atoms with Gasteiger partial charge in [0.25, 0.3) is 0 Å². The Balaban J connectivity index is 2.88. The molecule has 0 aliphatic rings. The minimum atomic E-state index is 0.162. The van der Waals surface area contributed by atoms with E-state index in [1.54, 1.807) is 0 Å². The Morgan fingerprint density at radius 1 is 1.31 bits per heavy atom. The predicted molar refractivity (Wildman–Crippen MR) is 52.4 cm³/mol. The largest absolute Gasteiger partial charge is 0.467 e. The summed E-state index contributed by atoms with van der Waals surface area (Å²) in [5, 5.41) is 1.16. The highest BCUT2D eigenvalue weighted by molar-refractivity contribution is 7.99. The van der Waals surface area contributed by atoms with Gasteiger partial charge in [0, 0.05) is 5.25 Å². The van der Waals surface area contributed by atoms with Crippen molar-refractivity contribution in [2.24, 2.45) is 0 Å². The standard InChI is InChI=1S/C7H10ClN3OS/c1-4(2)13-7-10-5(8)9-6(11-7)12-3/h4H,1-3H3. The number of halogens is 1. The Labute approximate surface area is 86.1 Å². The van der Waals surface area contributed by atoms with Crippen LogP contribution in [-0.4, -0.2) is 27.3 Å². The van der Waals surface area contributed by atoms with Gasteiger partial charge in [-0.05, 0) is 11.6 Å². The van der Waals surface area contributed by atoms with Crippen molar-refractivity contribution >= 4 is 23.4 Å². The minimum absolute atomic E-state index is 0.162. The van der Waals surface area contributed by atoms with Crippen LogP contribution in [0, 0.1) is 0 Å². The average Bonchev–Trinajstić information content (AvgIpc) is 2.01. The normalized spacial score (nSPS) is 10.5. The third-order valence-electron chi connectivity index (χ3n) is 1.09. The second-order valence-electron chi connectivity index (χ2n) is 2.54. The van der Waals surface area contributed by atoms with Crippen LogP contribution in [0.15, 0.2) is 5.16 Å². The monoisotopic (exact) mass is 219 g/mol. The number of aromatic nitrogens is 3. The van der Waals surface area contributed by atoms with Gasteiger partial charge in [-0.25, -0.2) is 0 Å². The summed E-state index contributed by atoms with van der Waals surface area (Å²) in [6.45, 7) is 4.10. The van der Waals surface area contributed by atoms with E-state index in [2.05, 4.69) is 28.8 Å². The lowest BCUT2D eigenvalue weighted by molar-refractivity contribution is 0.373. The van der Waals surface area contributed by atoms with Gasteiger partial charge in [-0.1, -0.05) is 25.6 Å². The molecule has 0 saturated heterocycles. The maximum Gasteiger partial charge on any atom is 0.321 e. The molecule has 0 aromatic carbocycles. The van der Waals surface area contributed by atoms with Gasteiger partial charge in [0.15, 0.2) is 5.16 Å². The molecule has 4 nitrogen and oxygen atoms in total. The molecule has 1 rings (SSSR count). The summed E-state index contributed by atoms with van der Waals surface area (Å²) in [5.74, 6) is 0. The van der Waals surface area contributed by atoms with Crippen molar-refractivity contribution in [3.63, 3.8) is 0 Å². The van der Waals surface area contributed by atoms with Gasteiger partial charge in [0.2, 0.25) is 5.28 Å². The number of thioether (sulfide) groups is 1. The summed E-state index contributed by atoms with van der Waals surface area (Å²) >= 11 is 7.17. The second-order valence-corrected chi connectivity index (χ2v) is 4.42. The lowest BCUT2D eigenvalue weighted by Crippen LogP contribution is -1.98. The van der Waals surface area contributed by atoms with E-state index < -0.39 is 0 Å². The van der Waals surface area contributed by atoms with Crippen molar-refractivity contribution in [2.75, 3.05) is 7.11 Å². The van der Waals surface area contributed by atoms with E-state index >= 15 is 0 Å². The predicted octanol–water partition coefficient (Wildman–Crippen LogP) is 2.03. The SMILES string of the molecule is COc1nc(Cl)nc(SC(C)C)n1. The maximum atomic E-state index is 5.66. The summed E-state index contributed by atoms with van der Waals surface area (Å²) in [7, 11) is 1.50. The first-order valence-electron chi connectivity index (χ1n) is 3.74. The molecule has 0 saturated carbocycles. The number of hydrogen-bond acceptors (Lipinski definition) is 5. The van der Waals surface area contributed by atoms with E-state index in [4.69, 9.17) is 16.3 Å². The molecule has 0 bridgehead atoms. The molecule has 72 valence electrons. The fourth-order valence-corrected chi connectivity index (χ4v) is 1.56. The Morgan fingerprint density at radius 2 is 2.00 bits per heavy atom. The smallest absolute Gasteiger partial charge is 0.321 e. The molecule has 0 spiro atoms. The van der Waals surface area contributed by atoms with Crippen LogP contribution in [0.3, 0.4) is 0 Å². The molecule has 0 aliphatic carbocycles. The molecule has 0 fully saturated rings. The maximum absolute atomic E-state index is 5.66. The van der Waals surface area contributed by atoms with Gasteiger partial charge in [-0.15, -0.1) is 0 Å². The summed E-state index contributed by atoms with van der Waals surface area (Å²) in [6.07, 6.45) is 0. The topological polar surface area (TPSA) is 47.9 Å². The van der Waals surface area contributed by atoms with E-state index in [1.807, 2.05) is 0 Å². The second kappa shape index (κ2) is 4.62. The average molecular weight is 220 g/mol. The van der Waals surface area contributed by atoms with Crippen molar-refractivity contribution in [1.82, 2.24) is 15.0 Å². The highest BCUT2D eigenvalue weighted by Crippen LogP contribution is 2.21. The van der Waals surface area contributed by atoms with Gasteiger partial charge >= 0.3 is 6.01 Å². The number of nitrogens with zero attached hydrogens (tertiary/aromatic N) is 3. The van der Waals surface area contributed by atoms with Crippen molar-refractivity contribution in [2.45, 2.75) is 24.3 Å². The highest BCUT2D eigenvalue weighted by Gasteiger charge is 2.06. The fraction of sp³-hybridized carbons (Fsp3) is 0.571. The number of rotatable bonds is 3. The number of ether oxygens (including phenoxy) is 1. The van der Waals surface area contributed by atoms with Crippen LogP contribution in [0.4, 0.5) is 0 Å². The zero-order valence-corrected chi connectivity index (χ0v) is 9.19. The lowest BCUT2D eigenvalue weighted by Gasteiger charge is -2.03. The molecule has 0 atom stereocenters. The molecule has 0 unspecified atom stereocenters. The van der Waals surface area contributed by atoms with Gasteiger partial charge < -0.3 is 4.74 Å². The van der Waals surface area contributed by atoms with Crippen LogP contribution in [0.25, 0.3) is 0 Å². The quantitative estimate of drug-likeness (QED) is 0.729. The molecule has 1 heterocycles. The number of methoxy groups -OCH3 is 1. The third kappa shape index (κ3) is 3.36. The molecule has 6 heteroatoms. The van der Waals surface area contributed by atoms with E-state index in [-0.39, 0.29) is 11.3 Å².